The highest BCUT2D eigenvalue weighted by Gasteiger charge is 2.23. The van der Waals surface area contributed by atoms with E-state index in [0.29, 0.717) is 66.2 Å². The van der Waals surface area contributed by atoms with Crippen LogP contribution in [0.4, 0.5) is 18.9 Å². The number of alkyl halides is 2. The fourth-order valence-electron chi connectivity index (χ4n) is 4.40. The molecule has 0 radical (unpaired) electrons. The molecule has 1 fully saturated rings. The number of hydrogen-bond acceptors (Lipinski definition) is 6. The molecule has 2 aliphatic rings. The summed E-state index contributed by atoms with van der Waals surface area (Å²) in [6.45, 7) is 0.720. The van der Waals surface area contributed by atoms with Gasteiger partial charge in [-0.3, -0.25) is 14.6 Å². The highest BCUT2D eigenvalue weighted by molar-refractivity contribution is 5.97. The SMILES string of the molecule is O=C(Cn1nc(CC2=Nc3cc(OCC(F)F)c(F)cc3C2)c2ccccc2c1=O)N1CCOCC1. The first-order valence-corrected chi connectivity index (χ1v) is 11.5. The average Bonchev–Trinajstić information content (AvgIpc) is 3.26. The standard InChI is InChI=1S/C25H23F3N4O4/c26-19-10-15-9-16(29-20(15)12-22(19)36-14-23(27)28)11-21-17-3-1-2-4-18(17)25(34)32(30-21)13-24(33)31-5-7-35-8-6-31/h1-4,10,12,23H,5-9,11,13-14H2. The molecule has 1 saturated heterocycles. The van der Waals surface area contributed by atoms with Crippen molar-refractivity contribution < 1.29 is 27.4 Å². The van der Waals surface area contributed by atoms with E-state index in [2.05, 4.69) is 10.1 Å². The van der Waals surface area contributed by atoms with E-state index < -0.39 is 18.8 Å². The van der Waals surface area contributed by atoms with Crippen molar-refractivity contribution in [3.05, 3.63) is 63.8 Å². The molecule has 11 heteroatoms. The lowest BCUT2D eigenvalue weighted by atomic mass is 10.0. The number of carbonyl (C=O) groups excluding carboxylic acids is 1. The van der Waals surface area contributed by atoms with Crippen LogP contribution >= 0.6 is 0 Å². The molecule has 0 unspecified atom stereocenters. The van der Waals surface area contributed by atoms with Gasteiger partial charge in [0.05, 0.1) is 30.0 Å². The predicted octanol–water partition coefficient (Wildman–Crippen LogP) is 2.91. The Morgan fingerprint density at radius 1 is 1.14 bits per heavy atom. The second-order valence-electron chi connectivity index (χ2n) is 8.59. The zero-order valence-electron chi connectivity index (χ0n) is 19.3. The summed E-state index contributed by atoms with van der Waals surface area (Å²) in [5.74, 6) is -1.23. The van der Waals surface area contributed by atoms with E-state index in [1.807, 2.05) is 0 Å². The Morgan fingerprint density at radius 2 is 1.89 bits per heavy atom. The normalized spacial score (nSPS) is 15.3. The Kier molecular flexibility index (Phi) is 6.73. The third-order valence-corrected chi connectivity index (χ3v) is 6.14. The first-order chi connectivity index (χ1) is 17.4. The number of aromatic nitrogens is 2. The smallest absolute Gasteiger partial charge is 0.275 e. The maximum absolute atomic E-state index is 14.3. The maximum Gasteiger partial charge on any atom is 0.275 e. The van der Waals surface area contributed by atoms with Crippen molar-refractivity contribution >= 4 is 28.1 Å². The van der Waals surface area contributed by atoms with Crippen LogP contribution in [0.5, 0.6) is 5.75 Å². The summed E-state index contributed by atoms with van der Waals surface area (Å²) in [6.07, 6.45) is -2.12. The zero-order valence-corrected chi connectivity index (χ0v) is 19.3. The molecule has 0 saturated carbocycles. The van der Waals surface area contributed by atoms with Gasteiger partial charge in [0.15, 0.2) is 11.6 Å². The Bertz CT molecular complexity index is 1400. The Labute approximate surface area is 203 Å². The lowest BCUT2D eigenvalue weighted by molar-refractivity contribution is -0.136. The van der Waals surface area contributed by atoms with Gasteiger partial charge in [0.1, 0.15) is 13.2 Å². The van der Waals surface area contributed by atoms with Crippen LogP contribution in [0.25, 0.3) is 10.8 Å². The van der Waals surface area contributed by atoms with E-state index >= 15 is 0 Å². The lowest BCUT2D eigenvalue weighted by Crippen LogP contribution is -2.44. The molecule has 1 aromatic heterocycles. The van der Waals surface area contributed by atoms with Crippen molar-refractivity contribution in [2.24, 2.45) is 4.99 Å². The molecule has 3 aromatic rings. The molecular formula is C25H23F3N4O4. The van der Waals surface area contributed by atoms with Gasteiger partial charge in [-0.15, -0.1) is 0 Å². The minimum Gasteiger partial charge on any atom is -0.484 e. The summed E-state index contributed by atoms with van der Waals surface area (Å²) < 4.78 is 50.6. The molecular weight excluding hydrogens is 477 g/mol. The minimum absolute atomic E-state index is 0.195. The number of rotatable bonds is 7. The predicted molar refractivity (Wildman–Crippen MR) is 126 cm³/mol. The highest BCUT2D eigenvalue weighted by Crippen LogP contribution is 2.34. The van der Waals surface area contributed by atoms with Crippen LogP contribution in [-0.2, 0) is 28.9 Å². The number of carbonyl (C=O) groups is 1. The van der Waals surface area contributed by atoms with Gasteiger partial charge in [-0.2, -0.15) is 5.10 Å². The summed E-state index contributed by atoms with van der Waals surface area (Å²) in [6, 6.07) is 9.56. The largest absolute Gasteiger partial charge is 0.484 e. The number of morpholine rings is 1. The Hall–Kier alpha value is -3.73. The average molecular weight is 500 g/mol. The van der Waals surface area contributed by atoms with E-state index in [4.69, 9.17) is 9.47 Å². The maximum atomic E-state index is 14.3. The van der Waals surface area contributed by atoms with Crippen LogP contribution in [-0.4, -0.2) is 65.6 Å². The molecule has 3 heterocycles. The number of nitrogens with zero attached hydrogens (tertiary/aromatic N) is 4. The van der Waals surface area contributed by atoms with Crippen molar-refractivity contribution in [1.82, 2.24) is 14.7 Å². The van der Waals surface area contributed by atoms with Gasteiger partial charge < -0.3 is 14.4 Å². The molecule has 2 aromatic carbocycles. The molecule has 0 spiro atoms. The van der Waals surface area contributed by atoms with Crippen LogP contribution in [0.2, 0.25) is 0 Å². The van der Waals surface area contributed by atoms with Gasteiger partial charge in [0, 0.05) is 43.1 Å². The third-order valence-electron chi connectivity index (χ3n) is 6.14. The van der Waals surface area contributed by atoms with E-state index in [-0.39, 0.29) is 30.2 Å². The number of aliphatic imine (C=N–C) groups is 1. The first kappa shape index (κ1) is 24.0. The van der Waals surface area contributed by atoms with Crippen molar-refractivity contribution in [3.8, 4) is 5.75 Å². The number of hydrogen-bond donors (Lipinski definition) is 0. The second kappa shape index (κ2) is 10.1. The monoisotopic (exact) mass is 500 g/mol. The molecule has 0 bridgehead atoms. The summed E-state index contributed by atoms with van der Waals surface area (Å²) >= 11 is 0. The molecule has 5 rings (SSSR count). The van der Waals surface area contributed by atoms with Gasteiger partial charge in [0.2, 0.25) is 5.91 Å². The number of ether oxygens (including phenoxy) is 2. The van der Waals surface area contributed by atoms with Crippen molar-refractivity contribution in [1.29, 1.82) is 0 Å². The minimum atomic E-state index is -2.72. The number of halogens is 3. The van der Waals surface area contributed by atoms with Crippen LogP contribution in [0.1, 0.15) is 11.3 Å². The molecule has 36 heavy (non-hydrogen) atoms. The third kappa shape index (κ3) is 4.97. The van der Waals surface area contributed by atoms with E-state index in [9.17, 15) is 22.8 Å². The molecule has 0 atom stereocenters. The summed E-state index contributed by atoms with van der Waals surface area (Å²) in [7, 11) is 0. The van der Waals surface area contributed by atoms with Gasteiger partial charge in [0.25, 0.3) is 12.0 Å². The fraction of sp³-hybridized carbons (Fsp3) is 0.360. The van der Waals surface area contributed by atoms with Crippen LogP contribution in [0, 0.1) is 5.82 Å². The van der Waals surface area contributed by atoms with Crippen molar-refractivity contribution in [2.45, 2.75) is 25.8 Å². The van der Waals surface area contributed by atoms with Crippen LogP contribution < -0.4 is 10.3 Å². The molecule has 0 aliphatic carbocycles. The zero-order chi connectivity index (χ0) is 25.2. The van der Waals surface area contributed by atoms with Crippen LogP contribution in [0.15, 0.2) is 46.2 Å². The summed E-state index contributed by atoms with van der Waals surface area (Å²) in [4.78, 5) is 32.0. The van der Waals surface area contributed by atoms with Crippen molar-refractivity contribution in [3.63, 3.8) is 0 Å². The number of benzene rings is 2. The van der Waals surface area contributed by atoms with Crippen LogP contribution in [0.3, 0.4) is 0 Å². The molecule has 0 N–H and O–H groups in total. The Morgan fingerprint density at radius 3 is 2.64 bits per heavy atom. The van der Waals surface area contributed by atoms with E-state index in [0.717, 1.165) is 0 Å². The molecule has 1 amide bonds. The first-order valence-electron chi connectivity index (χ1n) is 11.5. The second-order valence-corrected chi connectivity index (χ2v) is 8.59. The molecule has 2 aliphatic heterocycles. The van der Waals surface area contributed by atoms with E-state index in [1.165, 1.54) is 16.8 Å². The quantitative estimate of drug-likeness (QED) is 0.498. The van der Waals surface area contributed by atoms with Gasteiger partial charge in [-0.25, -0.2) is 17.9 Å². The topological polar surface area (TPSA) is 86.0 Å². The van der Waals surface area contributed by atoms with Gasteiger partial charge in [-0.1, -0.05) is 18.2 Å². The van der Waals surface area contributed by atoms with Gasteiger partial charge >= 0.3 is 0 Å². The van der Waals surface area contributed by atoms with E-state index in [1.54, 1.807) is 29.2 Å². The fourth-order valence-corrected chi connectivity index (χ4v) is 4.40. The molecule has 188 valence electrons. The Balaban J connectivity index is 1.43. The highest BCUT2D eigenvalue weighted by atomic mass is 19.3. The number of amides is 1. The van der Waals surface area contributed by atoms with Gasteiger partial charge in [-0.05, 0) is 17.7 Å². The van der Waals surface area contributed by atoms with Crippen molar-refractivity contribution in [2.75, 3.05) is 32.9 Å². The summed E-state index contributed by atoms with van der Waals surface area (Å²) in [5.41, 5.74) is 1.90. The number of fused-ring (bicyclic) bond motifs is 2. The summed E-state index contributed by atoms with van der Waals surface area (Å²) in [5, 5.41) is 5.58. The lowest BCUT2D eigenvalue weighted by Gasteiger charge is -2.27. The molecule has 8 nitrogen and oxygen atoms in total.